The second kappa shape index (κ2) is 6.94. The first-order chi connectivity index (χ1) is 12.0. The largest absolute Gasteiger partial charge is 0.406 e. The van der Waals surface area contributed by atoms with E-state index in [1.165, 1.54) is 25.1 Å². The summed E-state index contributed by atoms with van der Waals surface area (Å²) in [6.07, 6.45) is -4.88. The lowest BCUT2D eigenvalue weighted by Crippen LogP contribution is -2.41. The van der Waals surface area contributed by atoms with E-state index in [0.29, 0.717) is 0 Å². The molecule has 0 saturated carbocycles. The maximum Gasteiger partial charge on any atom is 0.406 e. The molecule has 0 radical (unpaired) electrons. The van der Waals surface area contributed by atoms with Crippen molar-refractivity contribution in [2.45, 2.75) is 13.1 Å². The highest BCUT2D eigenvalue weighted by Gasteiger charge is 2.49. The topological polar surface area (TPSA) is 104 Å². The van der Waals surface area contributed by atoms with E-state index in [2.05, 4.69) is 5.32 Å². The molecule has 1 N–H and O–H groups in total. The van der Waals surface area contributed by atoms with Gasteiger partial charge < -0.3 is 5.32 Å². The van der Waals surface area contributed by atoms with Crippen molar-refractivity contribution in [1.82, 2.24) is 9.80 Å². The Hall–Kier alpha value is -3.24. The van der Waals surface area contributed by atoms with Crippen LogP contribution >= 0.6 is 0 Å². The molecule has 0 aromatic heterocycles. The van der Waals surface area contributed by atoms with Gasteiger partial charge in [-0.05, 0) is 19.1 Å². The van der Waals surface area contributed by atoms with Gasteiger partial charge >= 0.3 is 24.0 Å². The van der Waals surface area contributed by atoms with Crippen molar-refractivity contribution in [3.05, 3.63) is 29.8 Å². The number of nitrogens with one attached hydrogen (secondary N) is 1. The van der Waals surface area contributed by atoms with Crippen LogP contribution in [0.25, 0.3) is 0 Å². The second-order valence-corrected chi connectivity index (χ2v) is 5.33. The Morgan fingerprint density at radius 3 is 2.19 bits per heavy atom. The number of hydrogen-bond donors (Lipinski definition) is 1. The van der Waals surface area contributed by atoms with Crippen LogP contribution < -0.4 is 5.32 Å². The molecule has 0 unspecified atom stereocenters. The van der Waals surface area contributed by atoms with Gasteiger partial charge in [-0.3, -0.25) is 19.2 Å². The van der Waals surface area contributed by atoms with Crippen LogP contribution in [-0.2, 0) is 14.4 Å². The average molecular weight is 371 g/mol. The van der Waals surface area contributed by atoms with E-state index in [1.807, 2.05) is 0 Å². The van der Waals surface area contributed by atoms with Crippen LogP contribution in [-0.4, -0.2) is 58.6 Å². The molecule has 1 saturated heterocycles. The zero-order valence-corrected chi connectivity index (χ0v) is 13.3. The van der Waals surface area contributed by atoms with Crippen molar-refractivity contribution in [3.63, 3.8) is 0 Å². The Kier molecular flexibility index (Phi) is 5.10. The van der Waals surface area contributed by atoms with Gasteiger partial charge in [-0.1, -0.05) is 12.1 Å². The van der Waals surface area contributed by atoms with Crippen LogP contribution in [0.15, 0.2) is 24.3 Å². The predicted octanol–water partition coefficient (Wildman–Crippen LogP) is 1.18. The van der Waals surface area contributed by atoms with Crippen molar-refractivity contribution >= 4 is 35.2 Å². The van der Waals surface area contributed by atoms with Crippen LogP contribution in [0.3, 0.4) is 0 Å². The number of para-hydroxylation sites is 1. The maximum absolute atomic E-state index is 12.4. The Morgan fingerprint density at radius 1 is 1.04 bits per heavy atom. The van der Waals surface area contributed by atoms with Gasteiger partial charge in [-0.2, -0.15) is 13.2 Å². The number of ketones is 1. The molecular weight excluding hydrogens is 359 g/mol. The van der Waals surface area contributed by atoms with Gasteiger partial charge in [0.05, 0.1) is 5.69 Å². The summed E-state index contributed by atoms with van der Waals surface area (Å²) in [7, 11) is 0. The number of alkyl halides is 3. The highest BCUT2D eigenvalue weighted by Crippen LogP contribution is 2.21. The molecule has 1 aromatic carbocycles. The molecular formula is C15H12F3N3O5. The zero-order chi connectivity index (χ0) is 19.6. The molecule has 138 valence electrons. The lowest BCUT2D eigenvalue weighted by Gasteiger charge is -2.17. The average Bonchev–Trinajstić information content (AvgIpc) is 2.72. The third kappa shape index (κ3) is 4.05. The molecule has 0 spiro atoms. The standard InChI is InChI=1S/C15H12F3N3O5/c1-8(22)9-4-2-3-5-10(9)19-11(23)6-20-12(24)13(25)21(14(20)26)7-15(16,17)18/h2-5H,6-7H2,1H3,(H,19,23). The van der Waals surface area contributed by atoms with E-state index in [0.717, 1.165) is 0 Å². The third-order valence-corrected chi connectivity index (χ3v) is 3.35. The molecule has 1 aliphatic heterocycles. The molecule has 0 atom stereocenters. The van der Waals surface area contributed by atoms with Crippen molar-refractivity contribution < 1.29 is 37.1 Å². The van der Waals surface area contributed by atoms with Gasteiger partial charge in [0.1, 0.15) is 13.1 Å². The number of benzene rings is 1. The minimum atomic E-state index is -4.88. The van der Waals surface area contributed by atoms with Crippen LogP contribution in [0, 0.1) is 0 Å². The number of carbonyl (C=O) groups is 5. The van der Waals surface area contributed by atoms with Crippen LogP contribution in [0.4, 0.5) is 23.7 Å². The van der Waals surface area contributed by atoms with Gasteiger partial charge in [-0.25, -0.2) is 14.6 Å². The van der Waals surface area contributed by atoms with Crippen molar-refractivity contribution in [2.75, 3.05) is 18.4 Å². The molecule has 1 fully saturated rings. The lowest BCUT2D eigenvalue weighted by atomic mass is 10.1. The summed E-state index contributed by atoms with van der Waals surface area (Å²) in [6.45, 7) is -1.64. The molecule has 1 aromatic rings. The smallest absolute Gasteiger partial charge is 0.324 e. The van der Waals surface area contributed by atoms with E-state index in [1.54, 1.807) is 6.07 Å². The van der Waals surface area contributed by atoms with Gasteiger partial charge in [0, 0.05) is 5.56 Å². The van der Waals surface area contributed by atoms with Crippen molar-refractivity contribution in [3.8, 4) is 0 Å². The van der Waals surface area contributed by atoms with Crippen molar-refractivity contribution in [1.29, 1.82) is 0 Å². The number of anilines is 1. The lowest BCUT2D eigenvalue weighted by molar-refractivity contribution is -0.156. The molecule has 8 nitrogen and oxygen atoms in total. The highest BCUT2D eigenvalue weighted by atomic mass is 19.4. The summed E-state index contributed by atoms with van der Waals surface area (Å²) >= 11 is 0. The van der Waals surface area contributed by atoms with Crippen LogP contribution in [0.2, 0.25) is 0 Å². The number of amides is 5. The second-order valence-electron chi connectivity index (χ2n) is 5.33. The van der Waals surface area contributed by atoms with Crippen LogP contribution in [0.5, 0.6) is 0 Å². The first-order valence-electron chi connectivity index (χ1n) is 7.15. The number of halogens is 3. The molecule has 1 heterocycles. The number of nitrogens with zero attached hydrogens (tertiary/aromatic N) is 2. The monoisotopic (exact) mass is 371 g/mol. The Morgan fingerprint density at radius 2 is 1.62 bits per heavy atom. The van der Waals surface area contributed by atoms with Gasteiger partial charge in [0.2, 0.25) is 5.91 Å². The fourth-order valence-corrected chi connectivity index (χ4v) is 2.24. The Labute approximate surface area is 144 Å². The van der Waals surface area contributed by atoms with Gasteiger partial charge in [-0.15, -0.1) is 0 Å². The summed E-state index contributed by atoms with van der Waals surface area (Å²) < 4.78 is 37.2. The quantitative estimate of drug-likeness (QED) is 0.476. The predicted molar refractivity (Wildman–Crippen MR) is 80.0 cm³/mol. The number of imide groups is 2. The molecule has 11 heteroatoms. The molecule has 5 amide bonds. The summed E-state index contributed by atoms with van der Waals surface area (Å²) in [5.41, 5.74) is 0.261. The molecule has 0 bridgehead atoms. The van der Waals surface area contributed by atoms with E-state index in [9.17, 15) is 37.1 Å². The van der Waals surface area contributed by atoms with E-state index >= 15 is 0 Å². The first-order valence-corrected chi connectivity index (χ1v) is 7.15. The third-order valence-electron chi connectivity index (χ3n) is 3.35. The minimum Gasteiger partial charge on any atom is -0.324 e. The first kappa shape index (κ1) is 19.1. The SMILES string of the molecule is CC(=O)c1ccccc1NC(=O)CN1C(=O)C(=O)N(CC(F)(F)F)C1=O. The molecule has 1 aliphatic rings. The summed E-state index contributed by atoms with van der Waals surface area (Å²) in [5, 5.41) is 2.28. The van der Waals surface area contributed by atoms with Crippen molar-refractivity contribution in [2.24, 2.45) is 0 Å². The van der Waals surface area contributed by atoms with E-state index < -0.39 is 43.0 Å². The van der Waals surface area contributed by atoms with Crippen LogP contribution in [0.1, 0.15) is 17.3 Å². The normalized spacial score (nSPS) is 14.8. The van der Waals surface area contributed by atoms with E-state index in [-0.39, 0.29) is 26.8 Å². The maximum atomic E-state index is 12.4. The highest BCUT2D eigenvalue weighted by molar-refractivity contribution is 6.45. The Bertz CT molecular complexity index is 806. The molecule has 0 aliphatic carbocycles. The number of carbonyl (C=O) groups excluding carboxylic acids is 5. The number of hydrogen-bond acceptors (Lipinski definition) is 5. The summed E-state index contributed by atoms with van der Waals surface area (Å²) in [5.74, 6) is -4.51. The van der Waals surface area contributed by atoms with Gasteiger partial charge in [0.25, 0.3) is 0 Å². The summed E-state index contributed by atoms with van der Waals surface area (Å²) in [4.78, 5) is 58.4. The zero-order valence-electron chi connectivity index (χ0n) is 13.3. The minimum absolute atomic E-state index is 0.0996. The number of rotatable bonds is 5. The number of urea groups is 1. The van der Waals surface area contributed by atoms with E-state index in [4.69, 9.17) is 0 Å². The number of Topliss-reactive ketones (excluding diaryl/α,β-unsaturated/α-hetero) is 1. The van der Waals surface area contributed by atoms with Gasteiger partial charge in [0.15, 0.2) is 5.78 Å². The fourth-order valence-electron chi connectivity index (χ4n) is 2.24. The summed E-state index contributed by atoms with van der Waals surface area (Å²) in [6, 6.07) is 4.35. The molecule has 26 heavy (non-hydrogen) atoms. The molecule has 2 rings (SSSR count). The fraction of sp³-hybridized carbons (Fsp3) is 0.267. The Balaban J connectivity index is 2.12.